The Morgan fingerprint density at radius 2 is 2.25 bits per heavy atom. The number of allylic oxidation sites excluding steroid dienone is 1. The van der Waals surface area contributed by atoms with Gasteiger partial charge in [-0.05, 0) is 36.8 Å². The Morgan fingerprint density at radius 3 is 2.83 bits per heavy atom. The molecular formula is C9H10N2O. The highest BCUT2D eigenvalue weighted by atomic mass is 16.1. The molecule has 1 aromatic heterocycles. The van der Waals surface area contributed by atoms with Crippen molar-refractivity contribution in [2.45, 2.75) is 6.92 Å². The van der Waals surface area contributed by atoms with Gasteiger partial charge in [0.1, 0.15) is 12.1 Å². The van der Waals surface area contributed by atoms with E-state index in [1.165, 1.54) is 6.08 Å². The van der Waals surface area contributed by atoms with Crippen LogP contribution in [0.25, 0.3) is 6.08 Å². The van der Waals surface area contributed by atoms with Crippen molar-refractivity contribution in [2.24, 2.45) is 0 Å². The van der Waals surface area contributed by atoms with Crippen LogP contribution in [0.2, 0.25) is 0 Å². The maximum atomic E-state index is 10.0. The Bertz CT molecular complexity index is 318. The summed E-state index contributed by atoms with van der Waals surface area (Å²) in [5.41, 5.74) is 7.19. The Morgan fingerprint density at radius 1 is 1.50 bits per heavy atom. The van der Waals surface area contributed by atoms with Crippen LogP contribution in [0.15, 0.2) is 18.2 Å². The molecule has 0 unspecified atom stereocenters. The zero-order valence-electron chi connectivity index (χ0n) is 6.82. The van der Waals surface area contributed by atoms with Gasteiger partial charge in [-0.3, -0.25) is 4.79 Å². The van der Waals surface area contributed by atoms with Gasteiger partial charge in [0.2, 0.25) is 0 Å². The first kappa shape index (κ1) is 8.46. The van der Waals surface area contributed by atoms with Gasteiger partial charge >= 0.3 is 0 Å². The van der Waals surface area contributed by atoms with Gasteiger partial charge < -0.3 is 5.73 Å². The average Bonchev–Trinajstić information content (AvgIpc) is 2.03. The van der Waals surface area contributed by atoms with Gasteiger partial charge in [0.15, 0.2) is 0 Å². The Hall–Kier alpha value is -1.64. The molecule has 0 bridgehead atoms. The molecule has 0 spiro atoms. The standard InChI is InChI=1S/C9H10N2O/c1-7-8(3-2-6-12)4-5-9(10)11-7/h2-6H,1H3,(H2,10,11). The number of carbonyl (C=O) groups is 1. The monoisotopic (exact) mass is 162 g/mol. The van der Waals surface area contributed by atoms with Crippen molar-refractivity contribution in [2.75, 3.05) is 5.73 Å². The van der Waals surface area contributed by atoms with E-state index in [9.17, 15) is 4.79 Å². The number of nitrogens with two attached hydrogens (primary N) is 1. The molecule has 0 aliphatic heterocycles. The van der Waals surface area contributed by atoms with E-state index in [1.54, 1.807) is 12.1 Å². The third-order valence-corrected chi connectivity index (χ3v) is 1.50. The number of aldehydes is 1. The van der Waals surface area contributed by atoms with E-state index in [0.29, 0.717) is 5.82 Å². The minimum atomic E-state index is 0.496. The Balaban J connectivity index is 3.01. The van der Waals surface area contributed by atoms with Crippen molar-refractivity contribution >= 4 is 18.2 Å². The zero-order chi connectivity index (χ0) is 8.97. The normalized spacial score (nSPS) is 10.4. The van der Waals surface area contributed by atoms with Crippen molar-refractivity contribution in [3.05, 3.63) is 29.5 Å². The molecule has 3 heteroatoms. The second-order valence-electron chi connectivity index (χ2n) is 2.41. The third-order valence-electron chi connectivity index (χ3n) is 1.50. The molecule has 0 aromatic carbocycles. The summed E-state index contributed by atoms with van der Waals surface area (Å²) in [5.74, 6) is 0.496. The number of hydrogen-bond acceptors (Lipinski definition) is 3. The molecule has 1 aromatic rings. The second-order valence-corrected chi connectivity index (χ2v) is 2.41. The SMILES string of the molecule is Cc1nc(N)ccc1C=CC=O. The van der Waals surface area contributed by atoms with Gasteiger partial charge in [-0.1, -0.05) is 0 Å². The number of nitrogens with zero attached hydrogens (tertiary/aromatic N) is 1. The van der Waals surface area contributed by atoms with Crippen LogP contribution in [0.4, 0.5) is 5.82 Å². The predicted octanol–water partition coefficient (Wildman–Crippen LogP) is 1.18. The van der Waals surface area contributed by atoms with Gasteiger partial charge in [0.05, 0.1) is 0 Å². The summed E-state index contributed by atoms with van der Waals surface area (Å²) in [6.45, 7) is 1.85. The average molecular weight is 162 g/mol. The van der Waals surface area contributed by atoms with Crippen molar-refractivity contribution in [3.8, 4) is 0 Å². The van der Waals surface area contributed by atoms with E-state index >= 15 is 0 Å². The summed E-state index contributed by atoms with van der Waals surface area (Å²) in [6, 6.07) is 3.54. The first-order valence-corrected chi connectivity index (χ1v) is 3.59. The quantitative estimate of drug-likeness (QED) is 0.524. The molecule has 0 atom stereocenters. The van der Waals surface area contributed by atoms with E-state index in [1.807, 2.05) is 13.0 Å². The Labute approximate surface area is 70.9 Å². The summed E-state index contributed by atoms with van der Waals surface area (Å²) < 4.78 is 0. The largest absolute Gasteiger partial charge is 0.384 e. The lowest BCUT2D eigenvalue weighted by Crippen LogP contribution is -1.93. The maximum absolute atomic E-state index is 10.0. The molecular weight excluding hydrogens is 152 g/mol. The molecule has 1 rings (SSSR count). The minimum Gasteiger partial charge on any atom is -0.384 e. The summed E-state index contributed by atoms with van der Waals surface area (Å²) in [6.07, 6.45) is 3.87. The smallest absolute Gasteiger partial charge is 0.142 e. The van der Waals surface area contributed by atoms with Crippen LogP contribution < -0.4 is 5.73 Å². The van der Waals surface area contributed by atoms with Gasteiger partial charge in [-0.25, -0.2) is 4.98 Å². The second kappa shape index (κ2) is 3.67. The van der Waals surface area contributed by atoms with Crippen LogP contribution in [-0.4, -0.2) is 11.3 Å². The highest BCUT2D eigenvalue weighted by Gasteiger charge is 1.94. The highest BCUT2D eigenvalue weighted by molar-refractivity contribution is 5.74. The number of carbonyl (C=O) groups excluding carboxylic acids is 1. The van der Waals surface area contributed by atoms with Gasteiger partial charge in [-0.2, -0.15) is 0 Å². The number of aromatic nitrogens is 1. The Kier molecular flexibility index (Phi) is 2.58. The molecule has 1 heterocycles. The number of pyridine rings is 1. The van der Waals surface area contributed by atoms with Crippen LogP contribution >= 0.6 is 0 Å². The van der Waals surface area contributed by atoms with Crippen molar-refractivity contribution in [1.82, 2.24) is 4.98 Å². The van der Waals surface area contributed by atoms with Gasteiger partial charge in [0.25, 0.3) is 0 Å². The molecule has 2 N–H and O–H groups in total. The van der Waals surface area contributed by atoms with Gasteiger partial charge in [0, 0.05) is 5.69 Å². The fourth-order valence-electron chi connectivity index (χ4n) is 0.910. The summed E-state index contributed by atoms with van der Waals surface area (Å²) in [4.78, 5) is 14.1. The number of anilines is 1. The first-order valence-electron chi connectivity index (χ1n) is 3.59. The zero-order valence-corrected chi connectivity index (χ0v) is 6.82. The van der Waals surface area contributed by atoms with Crippen LogP contribution in [0.5, 0.6) is 0 Å². The molecule has 0 fully saturated rings. The molecule has 3 nitrogen and oxygen atoms in total. The summed E-state index contributed by atoms with van der Waals surface area (Å²) >= 11 is 0. The minimum absolute atomic E-state index is 0.496. The summed E-state index contributed by atoms with van der Waals surface area (Å²) in [5, 5.41) is 0. The van der Waals surface area contributed by atoms with E-state index in [-0.39, 0.29) is 0 Å². The lowest BCUT2D eigenvalue weighted by molar-refractivity contribution is -0.104. The first-order chi connectivity index (χ1) is 5.74. The predicted molar refractivity (Wildman–Crippen MR) is 48.5 cm³/mol. The fourth-order valence-corrected chi connectivity index (χ4v) is 0.910. The number of hydrogen-bond donors (Lipinski definition) is 1. The van der Waals surface area contributed by atoms with E-state index in [2.05, 4.69) is 4.98 Å². The number of nitrogen functional groups attached to an aromatic ring is 1. The van der Waals surface area contributed by atoms with Gasteiger partial charge in [-0.15, -0.1) is 0 Å². The molecule has 0 aliphatic rings. The fraction of sp³-hybridized carbons (Fsp3) is 0.111. The number of rotatable bonds is 2. The molecule has 62 valence electrons. The molecule has 0 radical (unpaired) electrons. The third kappa shape index (κ3) is 1.92. The van der Waals surface area contributed by atoms with Crippen molar-refractivity contribution < 1.29 is 4.79 Å². The molecule has 12 heavy (non-hydrogen) atoms. The number of aryl methyl sites for hydroxylation is 1. The van der Waals surface area contributed by atoms with Crippen LogP contribution in [0.3, 0.4) is 0 Å². The molecule has 0 amide bonds. The molecule has 0 aliphatic carbocycles. The van der Waals surface area contributed by atoms with E-state index in [4.69, 9.17) is 5.73 Å². The topological polar surface area (TPSA) is 56.0 Å². The summed E-state index contributed by atoms with van der Waals surface area (Å²) in [7, 11) is 0. The van der Waals surface area contributed by atoms with Crippen LogP contribution in [0, 0.1) is 6.92 Å². The lowest BCUT2D eigenvalue weighted by Gasteiger charge is -1.98. The lowest BCUT2D eigenvalue weighted by atomic mass is 10.2. The highest BCUT2D eigenvalue weighted by Crippen LogP contribution is 2.08. The molecule has 0 saturated heterocycles. The van der Waals surface area contributed by atoms with Crippen LogP contribution in [0.1, 0.15) is 11.3 Å². The van der Waals surface area contributed by atoms with Crippen molar-refractivity contribution in [3.63, 3.8) is 0 Å². The van der Waals surface area contributed by atoms with Crippen LogP contribution in [-0.2, 0) is 4.79 Å². The van der Waals surface area contributed by atoms with Crippen molar-refractivity contribution in [1.29, 1.82) is 0 Å². The van der Waals surface area contributed by atoms with E-state index < -0.39 is 0 Å². The maximum Gasteiger partial charge on any atom is 0.142 e. The molecule has 0 saturated carbocycles. The van der Waals surface area contributed by atoms with E-state index in [0.717, 1.165) is 17.5 Å².